The summed E-state index contributed by atoms with van der Waals surface area (Å²) in [4.78, 5) is 24.0. The number of allylic oxidation sites excluding steroid dienone is 1. The Hall–Kier alpha value is -3.44. The molecule has 5 nitrogen and oxygen atoms in total. The van der Waals surface area contributed by atoms with E-state index in [9.17, 15) is 9.59 Å². The second-order valence-electron chi connectivity index (χ2n) is 8.30. The van der Waals surface area contributed by atoms with Crippen molar-refractivity contribution in [2.45, 2.75) is 39.3 Å². The molecule has 0 bridgehead atoms. The van der Waals surface area contributed by atoms with Crippen LogP contribution in [0.15, 0.2) is 72.9 Å². The summed E-state index contributed by atoms with van der Waals surface area (Å²) in [6.07, 6.45) is 6.58. The highest BCUT2D eigenvalue weighted by atomic mass is 16.5. The van der Waals surface area contributed by atoms with E-state index in [1.54, 1.807) is 13.8 Å². The highest BCUT2D eigenvalue weighted by Crippen LogP contribution is 2.14. The average Bonchev–Trinajstić information content (AvgIpc) is 3.22. The summed E-state index contributed by atoms with van der Waals surface area (Å²) >= 11 is 0. The number of carboxylic acid groups (broad SMARTS) is 1. The number of ketones is 1. The maximum absolute atomic E-state index is 12.8. The third-order valence-electron chi connectivity index (χ3n) is 5.31. The standard InChI is InChI=1S/C27H29NO4/c1-20-11-13-23(14-12-20)25(29)24-10-6-17-28(24)16-5-9-21-7-4-8-22(19-21)15-18-32-27(2,3)26(30)31/h4-14,17,19H,15-16,18H2,1-3H3,(H,30,31)/b9-5+. The first-order valence-electron chi connectivity index (χ1n) is 10.7. The highest BCUT2D eigenvalue weighted by molar-refractivity contribution is 6.08. The van der Waals surface area contributed by atoms with E-state index in [-0.39, 0.29) is 5.78 Å². The molecule has 3 aromatic rings. The van der Waals surface area contributed by atoms with Gasteiger partial charge in [0.25, 0.3) is 0 Å². The van der Waals surface area contributed by atoms with E-state index < -0.39 is 11.6 Å². The van der Waals surface area contributed by atoms with E-state index in [2.05, 4.69) is 6.07 Å². The van der Waals surface area contributed by atoms with Crippen molar-refractivity contribution in [2.75, 3.05) is 6.61 Å². The number of carbonyl (C=O) groups is 2. The quantitative estimate of drug-likeness (QED) is 0.450. The number of hydrogen-bond donors (Lipinski definition) is 1. The molecule has 0 atom stereocenters. The van der Waals surface area contributed by atoms with Gasteiger partial charge in [-0.1, -0.05) is 66.2 Å². The fourth-order valence-corrected chi connectivity index (χ4v) is 3.27. The minimum atomic E-state index is -1.19. The normalized spacial score (nSPS) is 11.7. The van der Waals surface area contributed by atoms with Gasteiger partial charge in [0.15, 0.2) is 5.60 Å². The lowest BCUT2D eigenvalue weighted by molar-refractivity contribution is -0.161. The largest absolute Gasteiger partial charge is 0.479 e. The second-order valence-corrected chi connectivity index (χ2v) is 8.30. The Morgan fingerprint density at radius 2 is 1.81 bits per heavy atom. The van der Waals surface area contributed by atoms with Crippen LogP contribution in [0.25, 0.3) is 6.08 Å². The van der Waals surface area contributed by atoms with Gasteiger partial charge in [-0.3, -0.25) is 4.79 Å². The zero-order valence-electron chi connectivity index (χ0n) is 18.7. The first-order chi connectivity index (χ1) is 15.3. The SMILES string of the molecule is Cc1ccc(C(=O)c2cccn2C/C=C/c2cccc(CCOC(C)(C)C(=O)O)c2)cc1. The van der Waals surface area contributed by atoms with Gasteiger partial charge in [-0.05, 0) is 50.5 Å². The molecule has 166 valence electrons. The predicted octanol–water partition coefficient (Wildman–Crippen LogP) is 5.16. The number of nitrogens with zero attached hydrogens (tertiary/aromatic N) is 1. The van der Waals surface area contributed by atoms with Crippen LogP contribution in [0.3, 0.4) is 0 Å². The lowest BCUT2D eigenvalue weighted by Gasteiger charge is -2.19. The van der Waals surface area contributed by atoms with Crippen molar-refractivity contribution in [1.29, 1.82) is 0 Å². The number of benzene rings is 2. The van der Waals surface area contributed by atoms with E-state index in [1.165, 1.54) is 0 Å². The van der Waals surface area contributed by atoms with Gasteiger partial charge in [0.05, 0.1) is 12.3 Å². The van der Waals surface area contributed by atoms with E-state index in [0.717, 1.165) is 16.7 Å². The lowest BCUT2D eigenvalue weighted by Crippen LogP contribution is -2.35. The number of aliphatic carboxylic acids is 1. The van der Waals surface area contributed by atoms with Crippen LogP contribution < -0.4 is 0 Å². The van der Waals surface area contributed by atoms with Crippen LogP contribution in [0.2, 0.25) is 0 Å². The van der Waals surface area contributed by atoms with Gasteiger partial charge in [-0.15, -0.1) is 0 Å². The molecule has 0 unspecified atom stereocenters. The molecule has 3 rings (SSSR count). The van der Waals surface area contributed by atoms with Gasteiger partial charge in [0.2, 0.25) is 5.78 Å². The van der Waals surface area contributed by atoms with E-state index in [1.807, 2.05) is 84.4 Å². The molecule has 1 N–H and O–H groups in total. The molecule has 1 aromatic heterocycles. The van der Waals surface area contributed by atoms with E-state index >= 15 is 0 Å². The Labute approximate surface area is 189 Å². The molecule has 1 heterocycles. The van der Waals surface area contributed by atoms with Crippen molar-refractivity contribution in [2.24, 2.45) is 0 Å². The molecule has 0 fully saturated rings. The van der Waals surface area contributed by atoms with Crippen molar-refractivity contribution >= 4 is 17.8 Å². The van der Waals surface area contributed by atoms with Gasteiger partial charge in [0, 0.05) is 18.3 Å². The summed E-state index contributed by atoms with van der Waals surface area (Å²) in [5, 5.41) is 9.13. The maximum atomic E-state index is 12.8. The van der Waals surface area contributed by atoms with Gasteiger partial charge in [-0.2, -0.15) is 0 Å². The molecule has 0 radical (unpaired) electrons. The summed E-state index contributed by atoms with van der Waals surface area (Å²) in [6.45, 7) is 6.02. The zero-order valence-corrected chi connectivity index (χ0v) is 18.7. The summed E-state index contributed by atoms with van der Waals surface area (Å²) < 4.78 is 7.43. The molecule has 32 heavy (non-hydrogen) atoms. The van der Waals surface area contributed by atoms with Crippen LogP contribution in [-0.2, 0) is 22.5 Å². The van der Waals surface area contributed by atoms with Crippen molar-refractivity contribution in [3.05, 3.63) is 101 Å². The number of aromatic nitrogens is 1. The molecule has 5 heteroatoms. The molecule has 2 aromatic carbocycles. The molecule has 0 aliphatic rings. The van der Waals surface area contributed by atoms with Crippen molar-refractivity contribution in [3.63, 3.8) is 0 Å². The van der Waals surface area contributed by atoms with Crippen LogP contribution in [-0.4, -0.2) is 33.6 Å². The molecule has 0 saturated heterocycles. The van der Waals surface area contributed by atoms with Crippen LogP contribution in [0.4, 0.5) is 0 Å². The maximum Gasteiger partial charge on any atom is 0.335 e. The number of hydrogen-bond acceptors (Lipinski definition) is 3. The van der Waals surface area contributed by atoms with E-state index in [0.29, 0.717) is 30.8 Å². The monoisotopic (exact) mass is 431 g/mol. The Bertz CT molecular complexity index is 1110. The van der Waals surface area contributed by atoms with Gasteiger partial charge < -0.3 is 14.4 Å². The Morgan fingerprint density at radius 3 is 2.53 bits per heavy atom. The molecule has 0 saturated carbocycles. The molecular formula is C27H29NO4. The lowest BCUT2D eigenvalue weighted by atomic mass is 10.1. The van der Waals surface area contributed by atoms with Crippen LogP contribution in [0.1, 0.15) is 46.6 Å². The topological polar surface area (TPSA) is 68.5 Å². The fraction of sp³-hybridized carbons (Fsp3) is 0.259. The number of aryl methyl sites for hydroxylation is 1. The highest BCUT2D eigenvalue weighted by Gasteiger charge is 2.27. The molecule has 0 aliphatic heterocycles. The van der Waals surface area contributed by atoms with Crippen LogP contribution in [0.5, 0.6) is 0 Å². The van der Waals surface area contributed by atoms with Crippen molar-refractivity contribution in [3.8, 4) is 0 Å². The number of carbonyl (C=O) groups excluding carboxylic acids is 1. The molecule has 0 spiro atoms. The second kappa shape index (κ2) is 10.2. The van der Waals surface area contributed by atoms with Crippen LogP contribution >= 0.6 is 0 Å². The number of ether oxygens (including phenoxy) is 1. The number of carboxylic acids is 1. The summed E-state index contributed by atoms with van der Waals surface area (Å²) in [6, 6.07) is 19.4. The van der Waals surface area contributed by atoms with Crippen molar-refractivity contribution in [1.82, 2.24) is 4.57 Å². The van der Waals surface area contributed by atoms with E-state index in [4.69, 9.17) is 9.84 Å². The molecule has 0 amide bonds. The Kier molecular flexibility index (Phi) is 7.44. The summed E-state index contributed by atoms with van der Waals surface area (Å²) in [7, 11) is 0. The Balaban J connectivity index is 1.61. The van der Waals surface area contributed by atoms with Gasteiger partial charge >= 0.3 is 5.97 Å². The average molecular weight is 432 g/mol. The summed E-state index contributed by atoms with van der Waals surface area (Å²) in [5.41, 5.74) is 3.38. The third kappa shape index (κ3) is 6.05. The summed E-state index contributed by atoms with van der Waals surface area (Å²) in [5.74, 6) is -0.964. The predicted molar refractivity (Wildman–Crippen MR) is 126 cm³/mol. The number of rotatable bonds is 10. The minimum absolute atomic E-state index is 0.00897. The first kappa shape index (κ1) is 23.2. The minimum Gasteiger partial charge on any atom is -0.479 e. The smallest absolute Gasteiger partial charge is 0.335 e. The zero-order chi connectivity index (χ0) is 23.1. The van der Waals surface area contributed by atoms with Gasteiger partial charge in [-0.25, -0.2) is 4.79 Å². The third-order valence-corrected chi connectivity index (χ3v) is 5.31. The first-order valence-corrected chi connectivity index (χ1v) is 10.7. The van der Waals surface area contributed by atoms with Crippen molar-refractivity contribution < 1.29 is 19.4 Å². The Morgan fingerprint density at radius 1 is 1.06 bits per heavy atom. The fourth-order valence-electron chi connectivity index (χ4n) is 3.27. The van der Waals surface area contributed by atoms with Crippen LogP contribution in [0, 0.1) is 6.92 Å². The molecular weight excluding hydrogens is 402 g/mol. The van der Waals surface area contributed by atoms with Gasteiger partial charge in [0.1, 0.15) is 0 Å². The molecule has 0 aliphatic carbocycles.